The average molecular weight is 264 g/mol. The number of carbonyl (C=O) groups is 1. The van der Waals surface area contributed by atoms with E-state index in [-0.39, 0.29) is 17.8 Å². The maximum atomic E-state index is 11.9. The van der Waals surface area contributed by atoms with Gasteiger partial charge >= 0.3 is 0 Å². The predicted octanol–water partition coefficient (Wildman–Crippen LogP) is 1.55. The number of nitrogens with zero attached hydrogens (tertiary/aromatic N) is 1. The van der Waals surface area contributed by atoms with Crippen LogP contribution in [0.2, 0.25) is 0 Å². The number of carbonyl (C=O) groups excluding carboxylic acids is 1. The molecule has 6 heteroatoms. The number of aliphatic hydroxyl groups is 1. The van der Waals surface area contributed by atoms with E-state index in [9.17, 15) is 20.0 Å². The minimum absolute atomic E-state index is 0.104. The minimum atomic E-state index is -0.800. The van der Waals surface area contributed by atoms with Gasteiger partial charge in [-0.2, -0.15) is 0 Å². The molecule has 0 spiro atoms. The lowest BCUT2D eigenvalue weighted by Crippen LogP contribution is -2.47. The van der Waals surface area contributed by atoms with E-state index in [1.54, 1.807) is 13.0 Å². The van der Waals surface area contributed by atoms with Crippen molar-refractivity contribution in [3.8, 4) is 0 Å². The molecule has 1 aromatic rings. The zero-order valence-corrected chi connectivity index (χ0v) is 10.7. The number of non-ortho nitro benzene ring substituents is 1. The summed E-state index contributed by atoms with van der Waals surface area (Å²) in [7, 11) is 0. The second-order valence-electron chi connectivity index (χ2n) is 5.07. The molecule has 1 aromatic carbocycles. The summed E-state index contributed by atoms with van der Waals surface area (Å²) in [4.78, 5) is 22.1. The molecule has 0 radical (unpaired) electrons. The Morgan fingerprint density at radius 3 is 2.68 bits per heavy atom. The Balaban J connectivity index is 2.08. The van der Waals surface area contributed by atoms with Gasteiger partial charge in [0.1, 0.15) is 0 Å². The molecule has 0 heterocycles. The molecule has 0 aromatic heterocycles. The van der Waals surface area contributed by atoms with Crippen LogP contribution in [0.25, 0.3) is 0 Å². The number of nitro groups is 1. The van der Waals surface area contributed by atoms with Crippen LogP contribution in [0.15, 0.2) is 18.2 Å². The van der Waals surface area contributed by atoms with Crippen LogP contribution in [-0.4, -0.2) is 28.1 Å². The molecule has 1 amide bonds. The second kappa shape index (κ2) is 4.97. The van der Waals surface area contributed by atoms with Crippen LogP contribution in [-0.2, 0) is 0 Å². The third kappa shape index (κ3) is 3.08. The monoisotopic (exact) mass is 264 g/mol. The third-order valence-corrected chi connectivity index (χ3v) is 3.40. The molecular weight excluding hydrogens is 248 g/mol. The van der Waals surface area contributed by atoms with Crippen molar-refractivity contribution in [2.24, 2.45) is 0 Å². The van der Waals surface area contributed by atoms with Crippen LogP contribution in [0.5, 0.6) is 0 Å². The molecule has 1 fully saturated rings. The molecule has 1 saturated carbocycles. The van der Waals surface area contributed by atoms with E-state index in [2.05, 4.69) is 5.32 Å². The maximum absolute atomic E-state index is 11.9. The number of hydrogen-bond acceptors (Lipinski definition) is 4. The molecule has 102 valence electrons. The fourth-order valence-corrected chi connectivity index (χ4v) is 2.11. The Bertz CT molecular complexity index is 523. The number of hydrogen-bond donors (Lipinski definition) is 2. The molecule has 1 aliphatic rings. The first kappa shape index (κ1) is 13.5. The van der Waals surface area contributed by atoms with Crippen molar-refractivity contribution in [1.82, 2.24) is 5.32 Å². The topological polar surface area (TPSA) is 92.5 Å². The summed E-state index contributed by atoms with van der Waals surface area (Å²) < 4.78 is 0. The highest BCUT2D eigenvalue weighted by atomic mass is 16.6. The Kier molecular flexibility index (Phi) is 3.53. The average Bonchev–Trinajstić information content (AvgIpc) is 2.32. The zero-order chi connectivity index (χ0) is 14.0. The summed E-state index contributed by atoms with van der Waals surface area (Å²) in [6.07, 6.45) is 2.32. The molecule has 0 saturated heterocycles. The number of rotatable bonds is 4. The Morgan fingerprint density at radius 2 is 2.16 bits per heavy atom. The molecule has 0 bridgehead atoms. The van der Waals surface area contributed by atoms with Crippen LogP contribution in [0.1, 0.15) is 35.2 Å². The molecular formula is C13H16N2O4. The van der Waals surface area contributed by atoms with Crippen LogP contribution < -0.4 is 5.32 Å². The first-order valence-electron chi connectivity index (χ1n) is 6.16. The third-order valence-electron chi connectivity index (χ3n) is 3.40. The largest absolute Gasteiger partial charge is 0.388 e. The van der Waals surface area contributed by atoms with Gasteiger partial charge in [0, 0.05) is 24.2 Å². The van der Waals surface area contributed by atoms with E-state index >= 15 is 0 Å². The normalized spacial score (nSPS) is 16.5. The SMILES string of the molecule is Cc1cc(C(=O)NCC2(O)CCC2)cc([N+](=O)[O-])c1. The summed E-state index contributed by atoms with van der Waals surface area (Å²) in [6.45, 7) is 1.89. The van der Waals surface area contributed by atoms with Gasteiger partial charge in [-0.15, -0.1) is 0 Å². The molecule has 6 nitrogen and oxygen atoms in total. The highest BCUT2D eigenvalue weighted by molar-refractivity contribution is 5.95. The second-order valence-corrected chi connectivity index (χ2v) is 5.07. The van der Waals surface area contributed by atoms with Crippen molar-refractivity contribution in [2.45, 2.75) is 31.8 Å². The summed E-state index contributed by atoms with van der Waals surface area (Å²) in [5, 5.41) is 23.2. The van der Waals surface area contributed by atoms with Crippen molar-refractivity contribution in [3.63, 3.8) is 0 Å². The fraction of sp³-hybridized carbons (Fsp3) is 0.462. The Labute approximate surface area is 110 Å². The smallest absolute Gasteiger partial charge is 0.270 e. The van der Waals surface area contributed by atoms with E-state index < -0.39 is 16.4 Å². The highest BCUT2D eigenvalue weighted by Crippen LogP contribution is 2.30. The van der Waals surface area contributed by atoms with E-state index in [0.717, 1.165) is 6.42 Å². The first-order chi connectivity index (χ1) is 8.89. The molecule has 0 aliphatic heterocycles. The zero-order valence-electron chi connectivity index (χ0n) is 10.7. The standard InChI is InChI=1S/C13H16N2O4/c1-9-5-10(7-11(6-9)15(18)19)12(16)14-8-13(17)3-2-4-13/h5-7,17H,2-4,8H2,1H3,(H,14,16). The number of aryl methyl sites for hydroxylation is 1. The van der Waals surface area contributed by atoms with E-state index in [4.69, 9.17) is 0 Å². The number of nitro benzene ring substituents is 1. The van der Waals surface area contributed by atoms with Gasteiger partial charge in [0.25, 0.3) is 11.6 Å². The lowest BCUT2D eigenvalue weighted by atomic mass is 9.80. The van der Waals surface area contributed by atoms with Crippen molar-refractivity contribution >= 4 is 11.6 Å². The highest BCUT2D eigenvalue weighted by Gasteiger charge is 2.34. The summed E-state index contributed by atoms with van der Waals surface area (Å²) in [5.41, 5.74) is -0.00496. The van der Waals surface area contributed by atoms with Crippen LogP contribution >= 0.6 is 0 Å². The van der Waals surface area contributed by atoms with Crippen LogP contribution in [0.3, 0.4) is 0 Å². The lowest BCUT2D eigenvalue weighted by Gasteiger charge is -2.36. The van der Waals surface area contributed by atoms with E-state index in [0.29, 0.717) is 18.4 Å². The first-order valence-corrected chi connectivity index (χ1v) is 6.16. The van der Waals surface area contributed by atoms with Gasteiger partial charge in [-0.1, -0.05) is 0 Å². The Hall–Kier alpha value is -1.95. The van der Waals surface area contributed by atoms with Gasteiger partial charge in [0.2, 0.25) is 0 Å². The predicted molar refractivity (Wildman–Crippen MR) is 69.0 cm³/mol. The quantitative estimate of drug-likeness (QED) is 0.637. The van der Waals surface area contributed by atoms with Gasteiger partial charge in [0.05, 0.1) is 10.5 Å². The number of amides is 1. The molecule has 0 atom stereocenters. The van der Waals surface area contributed by atoms with E-state index in [1.807, 2.05) is 0 Å². The molecule has 19 heavy (non-hydrogen) atoms. The summed E-state index contributed by atoms with van der Waals surface area (Å²) >= 11 is 0. The van der Waals surface area contributed by atoms with Crippen molar-refractivity contribution in [3.05, 3.63) is 39.4 Å². The Morgan fingerprint density at radius 1 is 1.47 bits per heavy atom. The van der Waals surface area contributed by atoms with Gasteiger partial charge < -0.3 is 10.4 Å². The van der Waals surface area contributed by atoms with E-state index in [1.165, 1.54) is 12.1 Å². The molecule has 2 N–H and O–H groups in total. The maximum Gasteiger partial charge on any atom is 0.270 e. The van der Waals surface area contributed by atoms with Crippen molar-refractivity contribution in [1.29, 1.82) is 0 Å². The summed E-state index contributed by atoms with van der Waals surface area (Å²) in [6, 6.07) is 4.25. The van der Waals surface area contributed by atoms with Gasteiger partial charge in [-0.3, -0.25) is 14.9 Å². The van der Waals surface area contributed by atoms with Gasteiger partial charge in [-0.25, -0.2) is 0 Å². The number of nitrogens with one attached hydrogen (secondary N) is 1. The van der Waals surface area contributed by atoms with Crippen LogP contribution in [0.4, 0.5) is 5.69 Å². The molecule has 0 unspecified atom stereocenters. The fourth-order valence-electron chi connectivity index (χ4n) is 2.11. The molecule has 1 aliphatic carbocycles. The lowest BCUT2D eigenvalue weighted by molar-refractivity contribution is -0.384. The van der Waals surface area contributed by atoms with Gasteiger partial charge in [0.15, 0.2) is 0 Å². The molecule has 2 rings (SSSR count). The van der Waals surface area contributed by atoms with Crippen molar-refractivity contribution in [2.75, 3.05) is 6.54 Å². The summed E-state index contributed by atoms with van der Waals surface area (Å²) in [5.74, 6) is -0.396. The van der Waals surface area contributed by atoms with Gasteiger partial charge in [-0.05, 0) is 37.8 Å². The van der Waals surface area contributed by atoms with Crippen molar-refractivity contribution < 1.29 is 14.8 Å². The minimum Gasteiger partial charge on any atom is -0.388 e. The number of benzene rings is 1. The van der Waals surface area contributed by atoms with Crippen LogP contribution in [0, 0.1) is 17.0 Å².